The van der Waals surface area contributed by atoms with E-state index < -0.39 is 0 Å². The smallest absolute Gasteiger partial charge is 0.0530 e. The minimum atomic E-state index is 1.09. The van der Waals surface area contributed by atoms with Crippen LogP contribution in [0.15, 0.2) is 24.3 Å². The maximum absolute atomic E-state index is 2.43. The molecule has 2 nitrogen and oxygen atoms in total. The molecule has 1 heterocycles. The normalized spacial score (nSPS) is 18.6. The van der Waals surface area contributed by atoms with Gasteiger partial charge in [-0.25, -0.2) is 0 Å². The summed E-state index contributed by atoms with van der Waals surface area (Å²) in [5.41, 5.74) is 2.78. The van der Waals surface area contributed by atoms with Crippen molar-refractivity contribution in [2.75, 3.05) is 20.4 Å². The molecule has 0 amide bonds. The molecule has 2 rings (SSSR count). The molecule has 0 atom stereocenters. The zero-order valence-corrected chi connectivity index (χ0v) is 8.33. The Hall–Kier alpha value is -0.860. The van der Waals surface area contributed by atoms with E-state index in [1.165, 1.54) is 11.1 Å². The maximum Gasteiger partial charge on any atom is 0.0530 e. The molecule has 0 bridgehead atoms. The van der Waals surface area contributed by atoms with Crippen molar-refractivity contribution < 1.29 is 0 Å². The predicted octanol–water partition coefficient (Wildman–Crippen LogP) is 1.66. The molecule has 0 spiro atoms. The Balaban J connectivity index is 1.94. The second-order valence-corrected chi connectivity index (χ2v) is 3.96. The van der Waals surface area contributed by atoms with Crippen LogP contribution in [0, 0.1) is 6.92 Å². The van der Waals surface area contributed by atoms with E-state index >= 15 is 0 Å². The van der Waals surface area contributed by atoms with Crippen molar-refractivity contribution >= 4 is 0 Å². The molecule has 1 saturated heterocycles. The van der Waals surface area contributed by atoms with E-state index in [-0.39, 0.29) is 0 Å². The zero-order valence-electron chi connectivity index (χ0n) is 8.33. The second kappa shape index (κ2) is 3.48. The van der Waals surface area contributed by atoms with Gasteiger partial charge in [0, 0.05) is 6.54 Å². The number of rotatable bonds is 2. The van der Waals surface area contributed by atoms with E-state index in [1.807, 2.05) is 0 Å². The molecule has 2 heteroatoms. The summed E-state index contributed by atoms with van der Waals surface area (Å²) in [4.78, 5) is 4.73. The van der Waals surface area contributed by atoms with Crippen molar-refractivity contribution in [2.45, 2.75) is 13.5 Å². The summed E-state index contributed by atoms with van der Waals surface area (Å²) in [7, 11) is 2.15. The highest BCUT2D eigenvalue weighted by atomic mass is 15.5. The Morgan fingerprint density at radius 2 is 2.08 bits per heavy atom. The topological polar surface area (TPSA) is 6.48 Å². The van der Waals surface area contributed by atoms with Crippen LogP contribution >= 0.6 is 0 Å². The van der Waals surface area contributed by atoms with Crippen molar-refractivity contribution in [2.24, 2.45) is 0 Å². The minimum Gasteiger partial charge on any atom is -0.280 e. The Morgan fingerprint density at radius 1 is 1.31 bits per heavy atom. The highest BCUT2D eigenvalue weighted by molar-refractivity contribution is 5.22. The second-order valence-electron chi connectivity index (χ2n) is 3.96. The first-order valence-electron chi connectivity index (χ1n) is 4.70. The molecule has 0 aliphatic carbocycles. The Kier molecular flexibility index (Phi) is 2.34. The van der Waals surface area contributed by atoms with Crippen molar-refractivity contribution in [3.8, 4) is 0 Å². The summed E-state index contributed by atoms with van der Waals surface area (Å²) < 4.78 is 0. The summed E-state index contributed by atoms with van der Waals surface area (Å²) >= 11 is 0. The van der Waals surface area contributed by atoms with Crippen LogP contribution in [0.25, 0.3) is 0 Å². The minimum absolute atomic E-state index is 1.09. The number of nitrogens with zero attached hydrogens (tertiary/aromatic N) is 2. The molecule has 1 aliphatic heterocycles. The van der Waals surface area contributed by atoms with Crippen LogP contribution < -0.4 is 0 Å². The Bertz CT molecular complexity index is 290. The molecule has 1 aromatic rings. The molecule has 0 aromatic heterocycles. The van der Waals surface area contributed by atoms with Gasteiger partial charge in [-0.05, 0) is 19.5 Å². The van der Waals surface area contributed by atoms with Gasteiger partial charge in [0.25, 0.3) is 0 Å². The molecule has 1 aliphatic rings. The van der Waals surface area contributed by atoms with E-state index in [0.717, 1.165) is 19.9 Å². The van der Waals surface area contributed by atoms with Crippen molar-refractivity contribution in [3.63, 3.8) is 0 Å². The standard InChI is InChI=1S/C11H16N2/c1-10-4-3-5-11(6-10)7-13-8-12(2)9-13/h3-6H,7-9H2,1-2H3. The lowest BCUT2D eigenvalue weighted by Gasteiger charge is -2.40. The van der Waals surface area contributed by atoms with Crippen LogP contribution in [0.2, 0.25) is 0 Å². The van der Waals surface area contributed by atoms with Crippen LogP contribution in [-0.2, 0) is 6.54 Å². The monoisotopic (exact) mass is 176 g/mol. The van der Waals surface area contributed by atoms with Gasteiger partial charge in [-0.3, -0.25) is 9.80 Å². The van der Waals surface area contributed by atoms with Gasteiger partial charge >= 0.3 is 0 Å². The number of benzene rings is 1. The summed E-state index contributed by atoms with van der Waals surface area (Å²) in [5, 5.41) is 0. The van der Waals surface area contributed by atoms with Crippen LogP contribution in [0.3, 0.4) is 0 Å². The summed E-state index contributed by atoms with van der Waals surface area (Å²) in [5.74, 6) is 0. The van der Waals surface area contributed by atoms with E-state index in [4.69, 9.17) is 0 Å². The third kappa shape index (κ3) is 2.08. The number of hydrogen-bond acceptors (Lipinski definition) is 2. The largest absolute Gasteiger partial charge is 0.280 e. The van der Waals surface area contributed by atoms with Crippen molar-refractivity contribution in [3.05, 3.63) is 35.4 Å². The van der Waals surface area contributed by atoms with E-state index in [1.54, 1.807) is 0 Å². The summed E-state index contributed by atoms with van der Waals surface area (Å²) in [6.07, 6.45) is 0. The van der Waals surface area contributed by atoms with Gasteiger partial charge in [-0.2, -0.15) is 0 Å². The van der Waals surface area contributed by atoms with Gasteiger partial charge in [-0.15, -0.1) is 0 Å². The average Bonchev–Trinajstić information content (AvgIpc) is 2.01. The first-order valence-corrected chi connectivity index (χ1v) is 4.70. The van der Waals surface area contributed by atoms with E-state index in [2.05, 4.69) is 48.0 Å². The van der Waals surface area contributed by atoms with Crippen molar-refractivity contribution in [1.29, 1.82) is 0 Å². The highest BCUT2D eigenvalue weighted by Crippen LogP contribution is 2.12. The first-order chi connectivity index (χ1) is 6.24. The van der Waals surface area contributed by atoms with Crippen LogP contribution in [0.4, 0.5) is 0 Å². The third-order valence-corrected chi connectivity index (χ3v) is 2.37. The average molecular weight is 176 g/mol. The lowest BCUT2D eigenvalue weighted by Crippen LogP contribution is -2.52. The SMILES string of the molecule is Cc1cccc(CN2CN(C)C2)c1. The molecule has 0 unspecified atom stereocenters. The fraction of sp³-hybridized carbons (Fsp3) is 0.455. The fourth-order valence-corrected chi connectivity index (χ4v) is 1.81. The van der Waals surface area contributed by atoms with E-state index in [0.29, 0.717) is 0 Å². The third-order valence-electron chi connectivity index (χ3n) is 2.37. The molecule has 13 heavy (non-hydrogen) atoms. The van der Waals surface area contributed by atoms with Gasteiger partial charge in [0.15, 0.2) is 0 Å². The quantitative estimate of drug-likeness (QED) is 0.676. The molecule has 0 radical (unpaired) electrons. The Morgan fingerprint density at radius 3 is 2.69 bits per heavy atom. The first kappa shape index (κ1) is 8.73. The van der Waals surface area contributed by atoms with Crippen LogP contribution in [-0.4, -0.2) is 30.2 Å². The lowest BCUT2D eigenvalue weighted by atomic mass is 10.1. The Labute approximate surface area is 79.8 Å². The fourth-order valence-electron chi connectivity index (χ4n) is 1.81. The van der Waals surface area contributed by atoms with Gasteiger partial charge in [-0.1, -0.05) is 29.8 Å². The molecule has 1 fully saturated rings. The van der Waals surface area contributed by atoms with Gasteiger partial charge in [0.1, 0.15) is 0 Å². The van der Waals surface area contributed by atoms with Gasteiger partial charge in [0.05, 0.1) is 13.3 Å². The molecule has 0 saturated carbocycles. The van der Waals surface area contributed by atoms with Gasteiger partial charge < -0.3 is 0 Å². The predicted molar refractivity (Wildman–Crippen MR) is 54.2 cm³/mol. The highest BCUT2D eigenvalue weighted by Gasteiger charge is 2.19. The number of hydrogen-bond donors (Lipinski definition) is 0. The van der Waals surface area contributed by atoms with Crippen LogP contribution in [0.5, 0.6) is 0 Å². The number of aryl methyl sites for hydroxylation is 1. The summed E-state index contributed by atoms with van der Waals surface area (Å²) in [6, 6.07) is 8.74. The molecule has 70 valence electrons. The van der Waals surface area contributed by atoms with Gasteiger partial charge in [0.2, 0.25) is 0 Å². The van der Waals surface area contributed by atoms with E-state index in [9.17, 15) is 0 Å². The molecular weight excluding hydrogens is 160 g/mol. The van der Waals surface area contributed by atoms with Crippen LogP contribution in [0.1, 0.15) is 11.1 Å². The lowest BCUT2D eigenvalue weighted by molar-refractivity contribution is -0.0153. The zero-order chi connectivity index (χ0) is 9.26. The molecule has 0 N–H and O–H groups in total. The molecular formula is C11H16N2. The molecule has 1 aromatic carbocycles. The maximum atomic E-state index is 2.43. The summed E-state index contributed by atoms with van der Waals surface area (Å²) in [6.45, 7) is 5.44. The van der Waals surface area contributed by atoms with Crippen molar-refractivity contribution in [1.82, 2.24) is 9.80 Å².